The van der Waals surface area contributed by atoms with E-state index in [1.54, 1.807) is 39.0 Å². The summed E-state index contributed by atoms with van der Waals surface area (Å²) in [6.07, 6.45) is 0. The molecule has 0 saturated carbocycles. The molecule has 1 heterocycles. The number of aliphatic hydroxyl groups excluding tert-OH is 1. The molecule has 146 valence electrons. The molecular formula is C23H25NO4. The van der Waals surface area contributed by atoms with Crippen LogP contribution in [-0.4, -0.2) is 21.9 Å². The second-order valence-corrected chi connectivity index (χ2v) is 8.28. The molecule has 1 aliphatic rings. The average molecular weight is 379 g/mol. The Kier molecular flexibility index (Phi) is 4.79. The van der Waals surface area contributed by atoms with E-state index in [1.807, 2.05) is 26.0 Å². The molecule has 0 fully saturated rings. The van der Waals surface area contributed by atoms with Crippen LogP contribution >= 0.6 is 0 Å². The third kappa shape index (κ3) is 3.28. The van der Waals surface area contributed by atoms with Crippen LogP contribution in [0.4, 0.5) is 5.69 Å². The minimum absolute atomic E-state index is 0.0268. The summed E-state index contributed by atoms with van der Waals surface area (Å²) in [5.41, 5.74) is 2.49. The molecule has 1 unspecified atom stereocenters. The topological polar surface area (TPSA) is 77.8 Å². The fraction of sp³-hybridized carbons (Fsp3) is 0.304. The van der Waals surface area contributed by atoms with E-state index in [9.17, 15) is 19.8 Å². The Labute approximate surface area is 164 Å². The van der Waals surface area contributed by atoms with Gasteiger partial charge < -0.3 is 10.2 Å². The maximum atomic E-state index is 13.1. The Bertz CT molecular complexity index is 998. The fourth-order valence-corrected chi connectivity index (χ4v) is 3.39. The number of phenolic OH excluding ortho intramolecular Hbond substituents is 1. The molecule has 1 amide bonds. The Morgan fingerprint density at radius 1 is 1.00 bits per heavy atom. The first kappa shape index (κ1) is 19.7. The quantitative estimate of drug-likeness (QED) is 0.822. The van der Waals surface area contributed by atoms with Crippen LogP contribution in [-0.2, 0) is 9.59 Å². The number of nitrogens with zero attached hydrogens (tertiary/aromatic N) is 1. The zero-order valence-electron chi connectivity index (χ0n) is 16.8. The van der Waals surface area contributed by atoms with Crippen LogP contribution in [0.5, 0.6) is 5.75 Å². The number of phenols is 1. The molecule has 1 atom stereocenters. The van der Waals surface area contributed by atoms with Crippen LogP contribution in [0.2, 0.25) is 0 Å². The van der Waals surface area contributed by atoms with E-state index in [0.717, 1.165) is 11.1 Å². The highest BCUT2D eigenvalue weighted by molar-refractivity contribution is 6.17. The molecule has 2 aromatic carbocycles. The van der Waals surface area contributed by atoms with Gasteiger partial charge in [0, 0.05) is 11.1 Å². The van der Waals surface area contributed by atoms with Crippen molar-refractivity contribution in [1.82, 2.24) is 0 Å². The minimum Gasteiger partial charge on any atom is -0.508 e. The maximum Gasteiger partial charge on any atom is 0.294 e. The number of carbonyl (C=O) groups excluding carboxylic acids is 2. The number of hydrogen-bond acceptors (Lipinski definition) is 4. The smallest absolute Gasteiger partial charge is 0.294 e. The molecule has 0 aliphatic carbocycles. The van der Waals surface area contributed by atoms with E-state index in [0.29, 0.717) is 11.3 Å². The van der Waals surface area contributed by atoms with E-state index in [1.165, 1.54) is 17.0 Å². The summed E-state index contributed by atoms with van der Waals surface area (Å²) in [7, 11) is 0. The standard InChI is InChI=1S/C23H25NO4/c1-13-9-10-16(11-14(13)2)24-19(15-7-6-8-17(25)12-15)18(20(26)22(24)28)21(27)23(3,4)5/h6-12,19,25-26H,1-5H3. The third-order valence-electron chi connectivity index (χ3n) is 5.09. The molecule has 2 N–H and O–H groups in total. The molecule has 0 spiro atoms. The van der Waals surface area contributed by atoms with Crippen molar-refractivity contribution in [3.8, 4) is 5.75 Å². The Hall–Kier alpha value is -3.08. The van der Waals surface area contributed by atoms with Crippen LogP contribution in [0, 0.1) is 19.3 Å². The molecule has 3 rings (SSSR count). The number of hydrogen-bond donors (Lipinski definition) is 2. The van der Waals surface area contributed by atoms with Crippen molar-refractivity contribution in [2.45, 2.75) is 40.7 Å². The number of benzene rings is 2. The molecule has 28 heavy (non-hydrogen) atoms. The highest BCUT2D eigenvalue weighted by Gasteiger charge is 2.46. The molecular weight excluding hydrogens is 354 g/mol. The van der Waals surface area contributed by atoms with E-state index in [2.05, 4.69) is 0 Å². The number of anilines is 1. The van der Waals surface area contributed by atoms with E-state index < -0.39 is 23.1 Å². The van der Waals surface area contributed by atoms with Gasteiger partial charge in [-0.05, 0) is 54.8 Å². The van der Waals surface area contributed by atoms with Crippen LogP contribution in [0.3, 0.4) is 0 Å². The predicted octanol–water partition coefficient (Wildman–Crippen LogP) is 4.52. The van der Waals surface area contributed by atoms with Crippen molar-refractivity contribution in [3.05, 3.63) is 70.5 Å². The molecule has 5 heteroatoms. The van der Waals surface area contributed by atoms with Gasteiger partial charge in [0.05, 0.1) is 11.6 Å². The zero-order chi connectivity index (χ0) is 20.8. The van der Waals surface area contributed by atoms with Crippen molar-refractivity contribution in [2.24, 2.45) is 5.41 Å². The van der Waals surface area contributed by atoms with Crippen LogP contribution in [0.15, 0.2) is 53.8 Å². The molecule has 0 bridgehead atoms. The van der Waals surface area contributed by atoms with Crippen LogP contribution < -0.4 is 4.90 Å². The minimum atomic E-state index is -0.812. The summed E-state index contributed by atoms with van der Waals surface area (Å²) in [6.45, 7) is 9.16. The van der Waals surface area contributed by atoms with Crippen molar-refractivity contribution in [2.75, 3.05) is 4.90 Å². The number of amides is 1. The molecule has 0 radical (unpaired) electrons. The summed E-state index contributed by atoms with van der Waals surface area (Å²) in [6, 6.07) is 11.2. The second-order valence-electron chi connectivity index (χ2n) is 8.28. The first-order chi connectivity index (χ1) is 13.0. The van der Waals surface area contributed by atoms with Gasteiger partial charge in [0.25, 0.3) is 5.91 Å². The number of aliphatic hydroxyl groups is 1. The Balaban J connectivity index is 2.23. The van der Waals surface area contributed by atoms with Crippen molar-refractivity contribution in [1.29, 1.82) is 0 Å². The van der Waals surface area contributed by atoms with Gasteiger partial charge >= 0.3 is 0 Å². The van der Waals surface area contributed by atoms with Crippen LogP contribution in [0.1, 0.15) is 43.5 Å². The summed E-state index contributed by atoms with van der Waals surface area (Å²) in [5.74, 6) is -1.44. The number of carbonyl (C=O) groups is 2. The fourth-order valence-electron chi connectivity index (χ4n) is 3.39. The third-order valence-corrected chi connectivity index (χ3v) is 5.09. The first-order valence-electron chi connectivity index (χ1n) is 9.20. The lowest BCUT2D eigenvalue weighted by Gasteiger charge is -2.29. The second kappa shape index (κ2) is 6.82. The van der Waals surface area contributed by atoms with Crippen molar-refractivity contribution >= 4 is 17.4 Å². The molecule has 0 saturated heterocycles. The summed E-state index contributed by atoms with van der Waals surface area (Å²) in [4.78, 5) is 27.6. The lowest BCUT2D eigenvalue weighted by Crippen LogP contribution is -2.32. The highest BCUT2D eigenvalue weighted by atomic mass is 16.3. The van der Waals surface area contributed by atoms with Gasteiger partial charge in [-0.3, -0.25) is 14.5 Å². The van der Waals surface area contributed by atoms with Gasteiger partial charge in [-0.2, -0.15) is 0 Å². The van der Waals surface area contributed by atoms with Gasteiger partial charge in [-0.25, -0.2) is 0 Å². The zero-order valence-corrected chi connectivity index (χ0v) is 16.8. The van der Waals surface area contributed by atoms with Crippen LogP contribution in [0.25, 0.3) is 0 Å². The van der Waals surface area contributed by atoms with Gasteiger partial charge in [0.1, 0.15) is 5.75 Å². The molecule has 5 nitrogen and oxygen atoms in total. The summed E-state index contributed by atoms with van der Waals surface area (Å²) in [5, 5.41) is 20.6. The van der Waals surface area contributed by atoms with Gasteiger partial charge in [-0.15, -0.1) is 0 Å². The first-order valence-corrected chi connectivity index (χ1v) is 9.20. The lowest BCUT2D eigenvalue weighted by atomic mass is 9.82. The normalized spacial score (nSPS) is 17.4. The van der Waals surface area contributed by atoms with Gasteiger partial charge in [0.15, 0.2) is 11.5 Å². The van der Waals surface area contributed by atoms with E-state index in [-0.39, 0.29) is 17.1 Å². The largest absolute Gasteiger partial charge is 0.508 e. The number of aryl methyl sites for hydroxylation is 2. The van der Waals surface area contributed by atoms with Gasteiger partial charge in [0.2, 0.25) is 0 Å². The monoisotopic (exact) mass is 379 g/mol. The predicted molar refractivity (Wildman–Crippen MR) is 108 cm³/mol. The van der Waals surface area contributed by atoms with E-state index >= 15 is 0 Å². The molecule has 2 aromatic rings. The average Bonchev–Trinajstić information content (AvgIpc) is 2.87. The van der Waals surface area contributed by atoms with Crippen molar-refractivity contribution < 1.29 is 19.8 Å². The van der Waals surface area contributed by atoms with Gasteiger partial charge in [-0.1, -0.05) is 39.0 Å². The number of aromatic hydroxyl groups is 1. The van der Waals surface area contributed by atoms with Crippen molar-refractivity contribution in [3.63, 3.8) is 0 Å². The highest BCUT2D eigenvalue weighted by Crippen LogP contribution is 2.44. The van der Waals surface area contributed by atoms with E-state index in [4.69, 9.17) is 0 Å². The number of Topliss-reactive ketones (excluding diaryl/α,β-unsaturated/α-hetero) is 1. The number of ketones is 1. The summed E-state index contributed by atoms with van der Waals surface area (Å²) >= 11 is 0. The SMILES string of the molecule is Cc1ccc(N2C(=O)C(O)=C(C(=O)C(C)(C)C)C2c2cccc(O)c2)cc1C. The Morgan fingerprint density at radius 2 is 1.68 bits per heavy atom. The summed E-state index contributed by atoms with van der Waals surface area (Å²) < 4.78 is 0. The molecule has 1 aliphatic heterocycles. The maximum absolute atomic E-state index is 13.1. The Morgan fingerprint density at radius 3 is 2.25 bits per heavy atom. The number of rotatable bonds is 3. The molecule has 0 aromatic heterocycles. The lowest BCUT2D eigenvalue weighted by molar-refractivity contribution is -0.123.